The molecular weight excluding hydrogens is 433 g/mol. The van der Waals surface area contributed by atoms with Gasteiger partial charge in [0.15, 0.2) is 0 Å². The number of aromatic nitrogens is 2. The molecule has 1 unspecified atom stereocenters. The van der Waals surface area contributed by atoms with Crippen LogP contribution in [0.5, 0.6) is 0 Å². The van der Waals surface area contributed by atoms with E-state index in [4.69, 9.17) is 9.31 Å². The van der Waals surface area contributed by atoms with Crippen LogP contribution >= 0.6 is 28.4 Å². The van der Waals surface area contributed by atoms with E-state index in [1.807, 2.05) is 6.20 Å². The van der Waals surface area contributed by atoms with Gasteiger partial charge in [-0.3, -0.25) is 0 Å². The molecule has 4 nitrogen and oxygen atoms in total. The molecule has 0 amide bonds. The minimum Gasteiger partial charge on any atom is -0.399 e. The molecule has 2 fully saturated rings. The fraction of sp³-hybridized carbons (Fsp3) is 0.588. The Balaban J connectivity index is 1.93. The van der Waals surface area contributed by atoms with Crippen molar-refractivity contribution >= 4 is 51.9 Å². The highest BCUT2D eigenvalue weighted by Gasteiger charge is 2.53. The number of rotatable bonds is 3. The second kappa shape index (κ2) is 5.67. The molecule has 0 radical (unpaired) electrons. The summed E-state index contributed by atoms with van der Waals surface area (Å²) in [6.45, 7) is 10.7. The average Bonchev–Trinajstić information content (AvgIpc) is 3.20. The first-order valence-electron chi connectivity index (χ1n) is 8.48. The van der Waals surface area contributed by atoms with E-state index in [-0.39, 0.29) is 18.3 Å². The van der Waals surface area contributed by atoms with Crippen molar-refractivity contribution in [3.8, 4) is 0 Å². The van der Waals surface area contributed by atoms with Crippen LogP contribution in [-0.2, 0) is 9.31 Å². The van der Waals surface area contributed by atoms with Gasteiger partial charge in [-0.15, -0.1) is 0 Å². The number of fused-ring (bicyclic) bond motifs is 1. The Morgan fingerprint density at radius 1 is 1.25 bits per heavy atom. The van der Waals surface area contributed by atoms with Gasteiger partial charge in [0.05, 0.1) is 29.3 Å². The predicted molar refractivity (Wildman–Crippen MR) is 110 cm³/mol. The molecule has 1 aromatic heterocycles. The molecule has 7 heteroatoms. The Morgan fingerprint density at radius 3 is 2.42 bits per heavy atom. The lowest BCUT2D eigenvalue weighted by Gasteiger charge is -2.32. The summed E-state index contributed by atoms with van der Waals surface area (Å²) in [4.78, 5) is 0. The summed E-state index contributed by atoms with van der Waals surface area (Å²) in [5, 5.41) is 5.78. The van der Waals surface area contributed by atoms with Gasteiger partial charge in [0.25, 0.3) is 0 Å². The predicted octanol–water partition coefficient (Wildman–Crippen LogP) is 4.31. The molecule has 0 bridgehead atoms. The van der Waals surface area contributed by atoms with Gasteiger partial charge in [-0.2, -0.15) is 5.10 Å². The number of aryl methyl sites for hydroxylation is 1. The molecule has 2 aromatic rings. The van der Waals surface area contributed by atoms with Gasteiger partial charge in [0.2, 0.25) is 0 Å². The highest BCUT2D eigenvalue weighted by atomic mass is 127. The SMILES string of the molecule is Cc1cc2c(cnn2PI)c(B2OC(C)(C)C(C)(C)O2)c1C1CC1. The second-order valence-corrected chi connectivity index (χ2v) is 10.00. The third-order valence-corrected chi connectivity index (χ3v) is 7.61. The summed E-state index contributed by atoms with van der Waals surface area (Å²) < 4.78 is 14.9. The summed E-state index contributed by atoms with van der Waals surface area (Å²) in [6, 6.07) is 2.29. The van der Waals surface area contributed by atoms with Crippen LogP contribution in [0.1, 0.15) is 57.6 Å². The fourth-order valence-electron chi connectivity index (χ4n) is 3.54. The van der Waals surface area contributed by atoms with Crippen molar-refractivity contribution in [2.45, 2.75) is 64.6 Å². The summed E-state index contributed by atoms with van der Waals surface area (Å²) in [5.41, 5.74) is 4.52. The first-order chi connectivity index (χ1) is 11.2. The van der Waals surface area contributed by atoms with E-state index in [1.54, 1.807) is 0 Å². The van der Waals surface area contributed by atoms with Crippen LogP contribution in [0.4, 0.5) is 0 Å². The minimum absolute atomic E-state index is 0.316. The van der Waals surface area contributed by atoms with E-state index < -0.39 is 0 Å². The van der Waals surface area contributed by atoms with E-state index in [1.165, 1.54) is 40.3 Å². The van der Waals surface area contributed by atoms with Crippen molar-refractivity contribution in [3.63, 3.8) is 0 Å². The minimum atomic E-state index is -0.324. The molecule has 24 heavy (non-hydrogen) atoms. The largest absolute Gasteiger partial charge is 0.495 e. The monoisotopic (exact) mass is 456 g/mol. The number of benzene rings is 1. The molecular formula is C17H23BIN2O2P. The van der Waals surface area contributed by atoms with Crippen LogP contribution in [0.3, 0.4) is 0 Å². The molecule has 1 saturated heterocycles. The van der Waals surface area contributed by atoms with Gasteiger partial charge >= 0.3 is 7.12 Å². The number of hydrogen-bond acceptors (Lipinski definition) is 3. The highest BCUT2D eigenvalue weighted by molar-refractivity contribution is 14.2. The van der Waals surface area contributed by atoms with E-state index in [2.05, 4.69) is 72.3 Å². The van der Waals surface area contributed by atoms with Crippen molar-refractivity contribution in [1.29, 1.82) is 0 Å². The van der Waals surface area contributed by atoms with Gasteiger partial charge in [-0.05, 0) is 98.1 Å². The Kier molecular flexibility index (Phi) is 4.07. The van der Waals surface area contributed by atoms with Crippen LogP contribution in [-0.4, -0.2) is 27.9 Å². The number of hydrogen-bond donors (Lipinski definition) is 0. The van der Waals surface area contributed by atoms with Gasteiger partial charge in [-0.25, -0.2) is 4.45 Å². The van der Waals surface area contributed by atoms with Crippen LogP contribution in [0, 0.1) is 6.92 Å². The first-order valence-corrected chi connectivity index (χ1v) is 12.5. The lowest BCUT2D eigenvalue weighted by atomic mass is 9.71. The third-order valence-electron chi connectivity index (χ3n) is 5.72. The molecule has 2 aliphatic rings. The average molecular weight is 456 g/mol. The molecule has 2 heterocycles. The Bertz CT molecular complexity index is 801. The lowest BCUT2D eigenvalue weighted by molar-refractivity contribution is 0.00578. The summed E-state index contributed by atoms with van der Waals surface area (Å²) >= 11 is 2.38. The Hall–Kier alpha value is -0.165. The number of halogens is 1. The first kappa shape index (κ1) is 17.3. The molecule has 1 atom stereocenters. The van der Waals surface area contributed by atoms with Gasteiger partial charge in [0.1, 0.15) is 0 Å². The van der Waals surface area contributed by atoms with Gasteiger partial charge in [0, 0.05) is 5.39 Å². The van der Waals surface area contributed by atoms with E-state index in [9.17, 15) is 0 Å². The zero-order chi connectivity index (χ0) is 17.3. The van der Waals surface area contributed by atoms with Gasteiger partial charge < -0.3 is 9.31 Å². The number of nitrogens with zero attached hydrogens (tertiary/aromatic N) is 2. The van der Waals surface area contributed by atoms with Crippen molar-refractivity contribution in [2.24, 2.45) is 0 Å². The van der Waals surface area contributed by atoms with Crippen LogP contribution in [0.2, 0.25) is 0 Å². The van der Waals surface area contributed by atoms with Crippen LogP contribution < -0.4 is 5.46 Å². The maximum Gasteiger partial charge on any atom is 0.495 e. The molecule has 0 N–H and O–H groups in total. The topological polar surface area (TPSA) is 36.3 Å². The summed E-state index contributed by atoms with van der Waals surface area (Å²) in [6.07, 6.45) is 5.11. The molecule has 0 spiro atoms. The maximum atomic E-state index is 6.42. The molecule has 1 aliphatic heterocycles. The Labute approximate surface area is 158 Å². The van der Waals surface area contributed by atoms with Crippen LogP contribution in [0.25, 0.3) is 10.9 Å². The highest BCUT2D eigenvalue weighted by Crippen LogP contribution is 2.44. The maximum absolute atomic E-state index is 6.42. The zero-order valence-electron chi connectivity index (χ0n) is 14.8. The lowest BCUT2D eigenvalue weighted by Crippen LogP contribution is -2.41. The third kappa shape index (κ3) is 2.56. The zero-order valence-corrected chi connectivity index (χ0v) is 18.0. The normalized spacial score (nSPS) is 23.0. The van der Waals surface area contributed by atoms with Crippen molar-refractivity contribution in [2.75, 3.05) is 0 Å². The van der Waals surface area contributed by atoms with Crippen molar-refractivity contribution < 1.29 is 9.31 Å². The molecule has 1 saturated carbocycles. The quantitative estimate of drug-likeness (QED) is 0.393. The van der Waals surface area contributed by atoms with E-state index >= 15 is 0 Å². The van der Waals surface area contributed by atoms with Crippen molar-refractivity contribution in [3.05, 3.63) is 23.4 Å². The smallest absolute Gasteiger partial charge is 0.399 e. The van der Waals surface area contributed by atoms with Crippen LogP contribution in [0.15, 0.2) is 12.3 Å². The van der Waals surface area contributed by atoms with E-state index in [0.717, 1.165) is 0 Å². The standard InChI is InChI=1S/C17H23BIN2O2P/c1-10-8-13-12(9-20-21(13)24-19)15(14(10)11-6-7-11)18-22-16(2,3)17(4,5)23-18/h8-9,11,24H,6-7H2,1-5H3. The Morgan fingerprint density at radius 2 is 1.88 bits per heavy atom. The molecule has 4 rings (SSSR count). The molecule has 1 aliphatic carbocycles. The molecule has 1 aromatic carbocycles. The summed E-state index contributed by atoms with van der Waals surface area (Å²) in [5.74, 6) is 0.647. The summed E-state index contributed by atoms with van der Waals surface area (Å²) in [7, 11) is -0.316. The van der Waals surface area contributed by atoms with Gasteiger partial charge in [-0.1, -0.05) is 0 Å². The fourth-order valence-corrected chi connectivity index (χ4v) is 5.07. The second-order valence-electron chi connectivity index (χ2n) is 7.96. The van der Waals surface area contributed by atoms with Crippen molar-refractivity contribution in [1.82, 2.24) is 9.55 Å². The van der Waals surface area contributed by atoms with E-state index in [0.29, 0.717) is 12.3 Å². The molecule has 128 valence electrons.